The van der Waals surface area contributed by atoms with Crippen LogP contribution in [-0.4, -0.2) is 21.0 Å². The number of hydrogen-bond acceptors (Lipinski definition) is 4. The van der Waals surface area contributed by atoms with Crippen molar-refractivity contribution in [2.45, 2.75) is 26.2 Å². The predicted molar refractivity (Wildman–Crippen MR) is 78.1 cm³/mol. The van der Waals surface area contributed by atoms with Crippen LogP contribution >= 0.6 is 0 Å². The van der Waals surface area contributed by atoms with Crippen molar-refractivity contribution in [2.24, 2.45) is 0 Å². The van der Waals surface area contributed by atoms with Crippen molar-refractivity contribution < 1.29 is 9.72 Å². The topological polar surface area (TPSA) is 101 Å². The number of aromatic nitrogens is 2. The van der Waals surface area contributed by atoms with Crippen molar-refractivity contribution >= 4 is 17.4 Å². The Bertz CT molecular complexity index is 646. The molecule has 2 N–H and O–H groups in total. The summed E-state index contributed by atoms with van der Waals surface area (Å²) in [4.78, 5) is 22.0. The van der Waals surface area contributed by atoms with E-state index in [2.05, 4.69) is 15.5 Å². The fourth-order valence-electron chi connectivity index (χ4n) is 1.80. The van der Waals surface area contributed by atoms with E-state index >= 15 is 0 Å². The first-order valence-electron chi connectivity index (χ1n) is 6.54. The first kappa shape index (κ1) is 14.7. The van der Waals surface area contributed by atoms with E-state index in [1.807, 2.05) is 13.8 Å². The fourth-order valence-corrected chi connectivity index (χ4v) is 1.80. The Balaban J connectivity index is 1.96. The second-order valence-corrected chi connectivity index (χ2v) is 5.01. The molecule has 0 spiro atoms. The molecule has 0 atom stereocenters. The number of nitrogens with one attached hydrogen (secondary N) is 2. The molecule has 0 fully saturated rings. The Kier molecular flexibility index (Phi) is 4.32. The van der Waals surface area contributed by atoms with Crippen LogP contribution in [0.25, 0.3) is 0 Å². The van der Waals surface area contributed by atoms with E-state index < -0.39 is 4.92 Å². The Labute approximate surface area is 121 Å². The standard InChI is InChI=1S/C14H16N4O3/c1-9(2)12-8-13(17-16-12)15-14(19)7-10-3-5-11(6-4-10)18(20)21/h3-6,8-9H,7H2,1-2H3,(H2,15,16,17,19). The van der Waals surface area contributed by atoms with Gasteiger partial charge in [0.15, 0.2) is 5.82 Å². The average molecular weight is 288 g/mol. The van der Waals surface area contributed by atoms with Crippen LogP contribution in [0.2, 0.25) is 0 Å². The summed E-state index contributed by atoms with van der Waals surface area (Å²) in [6.07, 6.45) is 0.141. The smallest absolute Gasteiger partial charge is 0.269 e. The van der Waals surface area contributed by atoms with Crippen LogP contribution in [0.4, 0.5) is 11.5 Å². The van der Waals surface area contributed by atoms with E-state index in [1.165, 1.54) is 12.1 Å². The first-order valence-corrected chi connectivity index (χ1v) is 6.54. The van der Waals surface area contributed by atoms with Gasteiger partial charge in [-0.05, 0) is 11.5 Å². The lowest BCUT2D eigenvalue weighted by Gasteiger charge is -2.02. The molecule has 7 heteroatoms. The van der Waals surface area contributed by atoms with Gasteiger partial charge in [-0.15, -0.1) is 0 Å². The highest BCUT2D eigenvalue weighted by atomic mass is 16.6. The third kappa shape index (κ3) is 3.88. The minimum atomic E-state index is -0.471. The number of hydrogen-bond donors (Lipinski definition) is 2. The van der Waals surface area contributed by atoms with Gasteiger partial charge in [0, 0.05) is 23.9 Å². The molecular formula is C14H16N4O3. The van der Waals surface area contributed by atoms with Crippen molar-refractivity contribution in [1.29, 1.82) is 0 Å². The van der Waals surface area contributed by atoms with E-state index in [9.17, 15) is 14.9 Å². The minimum absolute atomic E-state index is 0.00744. The minimum Gasteiger partial charge on any atom is -0.309 e. The van der Waals surface area contributed by atoms with Gasteiger partial charge in [0.25, 0.3) is 5.69 Å². The molecule has 1 amide bonds. The normalized spacial score (nSPS) is 10.6. The number of nitrogens with zero attached hydrogens (tertiary/aromatic N) is 2. The van der Waals surface area contributed by atoms with E-state index in [0.29, 0.717) is 17.3 Å². The van der Waals surface area contributed by atoms with Crippen LogP contribution in [0.5, 0.6) is 0 Å². The van der Waals surface area contributed by atoms with E-state index in [4.69, 9.17) is 0 Å². The SMILES string of the molecule is CC(C)c1cc(NC(=O)Cc2ccc([N+](=O)[O-])cc2)n[nH]1. The maximum Gasteiger partial charge on any atom is 0.269 e. The number of amides is 1. The number of benzene rings is 1. The number of aromatic amines is 1. The Morgan fingerprint density at radius 1 is 1.38 bits per heavy atom. The summed E-state index contributed by atoms with van der Waals surface area (Å²) in [6, 6.07) is 7.70. The number of non-ortho nitro benzene ring substituents is 1. The van der Waals surface area contributed by atoms with Gasteiger partial charge in [0.1, 0.15) is 0 Å². The molecular weight excluding hydrogens is 272 g/mol. The lowest BCUT2D eigenvalue weighted by Crippen LogP contribution is -2.14. The van der Waals surface area contributed by atoms with Crippen LogP contribution in [0.3, 0.4) is 0 Å². The average Bonchev–Trinajstić information content (AvgIpc) is 2.87. The molecule has 0 aliphatic carbocycles. The molecule has 0 bridgehead atoms. The molecule has 1 heterocycles. The van der Waals surface area contributed by atoms with Gasteiger partial charge in [-0.1, -0.05) is 26.0 Å². The summed E-state index contributed by atoms with van der Waals surface area (Å²) in [7, 11) is 0. The lowest BCUT2D eigenvalue weighted by molar-refractivity contribution is -0.384. The summed E-state index contributed by atoms with van der Waals surface area (Å²) in [6.45, 7) is 4.05. The zero-order valence-electron chi connectivity index (χ0n) is 11.8. The highest BCUT2D eigenvalue weighted by Gasteiger charge is 2.10. The van der Waals surface area contributed by atoms with Gasteiger partial charge in [-0.25, -0.2) is 0 Å². The molecule has 0 saturated heterocycles. The highest BCUT2D eigenvalue weighted by molar-refractivity contribution is 5.91. The Hall–Kier alpha value is -2.70. The van der Waals surface area contributed by atoms with Gasteiger partial charge in [-0.3, -0.25) is 20.0 Å². The molecule has 2 aromatic rings. The number of anilines is 1. The van der Waals surface area contributed by atoms with Gasteiger partial charge >= 0.3 is 0 Å². The van der Waals surface area contributed by atoms with E-state index in [-0.39, 0.29) is 18.0 Å². The maximum atomic E-state index is 11.9. The molecule has 110 valence electrons. The predicted octanol–water partition coefficient (Wildman–Crippen LogP) is 2.62. The molecule has 0 radical (unpaired) electrons. The van der Waals surface area contributed by atoms with E-state index in [0.717, 1.165) is 5.69 Å². The second-order valence-electron chi connectivity index (χ2n) is 5.01. The largest absolute Gasteiger partial charge is 0.309 e. The lowest BCUT2D eigenvalue weighted by atomic mass is 10.1. The van der Waals surface area contributed by atoms with Crippen molar-refractivity contribution in [3.63, 3.8) is 0 Å². The fraction of sp³-hybridized carbons (Fsp3) is 0.286. The summed E-state index contributed by atoms with van der Waals surface area (Å²) < 4.78 is 0. The molecule has 7 nitrogen and oxygen atoms in total. The molecule has 1 aromatic carbocycles. The molecule has 0 aliphatic heterocycles. The molecule has 0 aliphatic rings. The number of nitro groups is 1. The van der Waals surface area contributed by atoms with Crippen molar-refractivity contribution in [1.82, 2.24) is 10.2 Å². The third-order valence-corrected chi connectivity index (χ3v) is 3.00. The second kappa shape index (κ2) is 6.17. The summed E-state index contributed by atoms with van der Waals surface area (Å²) in [5.41, 5.74) is 1.66. The van der Waals surface area contributed by atoms with Crippen LogP contribution in [0.15, 0.2) is 30.3 Å². The van der Waals surface area contributed by atoms with Crippen molar-refractivity contribution in [2.75, 3.05) is 5.32 Å². The number of H-pyrrole nitrogens is 1. The molecule has 21 heavy (non-hydrogen) atoms. The third-order valence-electron chi connectivity index (χ3n) is 3.00. The molecule has 0 unspecified atom stereocenters. The van der Waals surface area contributed by atoms with Crippen LogP contribution in [-0.2, 0) is 11.2 Å². The zero-order valence-corrected chi connectivity index (χ0v) is 11.8. The molecule has 1 aromatic heterocycles. The van der Waals surface area contributed by atoms with Crippen molar-refractivity contribution in [3.05, 3.63) is 51.7 Å². The van der Waals surface area contributed by atoms with E-state index in [1.54, 1.807) is 18.2 Å². The van der Waals surface area contributed by atoms with Crippen molar-refractivity contribution in [3.8, 4) is 0 Å². The van der Waals surface area contributed by atoms with Crippen LogP contribution in [0, 0.1) is 10.1 Å². The monoisotopic (exact) mass is 288 g/mol. The molecule has 0 saturated carbocycles. The van der Waals surface area contributed by atoms with Gasteiger partial charge in [-0.2, -0.15) is 5.10 Å². The maximum absolute atomic E-state index is 11.9. The summed E-state index contributed by atoms with van der Waals surface area (Å²) in [5.74, 6) is 0.564. The number of rotatable bonds is 5. The number of nitro benzene ring substituents is 1. The summed E-state index contributed by atoms with van der Waals surface area (Å²) >= 11 is 0. The van der Waals surface area contributed by atoms with Gasteiger partial charge in [0.2, 0.25) is 5.91 Å². The quantitative estimate of drug-likeness (QED) is 0.652. The number of carbonyl (C=O) groups is 1. The van der Waals surface area contributed by atoms with Crippen LogP contribution < -0.4 is 5.32 Å². The zero-order chi connectivity index (χ0) is 15.4. The molecule has 2 rings (SSSR count). The number of carbonyl (C=O) groups excluding carboxylic acids is 1. The van der Waals surface area contributed by atoms with Crippen LogP contribution in [0.1, 0.15) is 31.0 Å². The van der Waals surface area contributed by atoms with Gasteiger partial charge in [0.05, 0.1) is 11.3 Å². The van der Waals surface area contributed by atoms with Gasteiger partial charge < -0.3 is 5.32 Å². The first-order chi connectivity index (χ1) is 9.95. The Morgan fingerprint density at radius 2 is 2.05 bits per heavy atom. The Morgan fingerprint density at radius 3 is 2.57 bits per heavy atom. The summed E-state index contributed by atoms with van der Waals surface area (Å²) in [5, 5.41) is 20.1. The highest BCUT2D eigenvalue weighted by Crippen LogP contribution is 2.16.